The molecule has 0 aromatic heterocycles. The molecule has 0 N–H and O–H groups in total. The van der Waals surface area contributed by atoms with Crippen molar-refractivity contribution in [1.82, 2.24) is 0 Å². The van der Waals surface area contributed by atoms with Gasteiger partial charge in [-0.1, -0.05) is 48.0 Å². The van der Waals surface area contributed by atoms with Gasteiger partial charge in [0.15, 0.2) is 17.2 Å². The van der Waals surface area contributed by atoms with Gasteiger partial charge in [0.05, 0.1) is 12.1 Å². The molecule has 1 heterocycles. The van der Waals surface area contributed by atoms with Crippen LogP contribution in [0.1, 0.15) is 11.1 Å². The van der Waals surface area contributed by atoms with Crippen LogP contribution >= 0.6 is 11.6 Å². The maximum Gasteiger partial charge on any atom is 0.363 e. The van der Waals surface area contributed by atoms with E-state index in [0.29, 0.717) is 28.7 Å². The summed E-state index contributed by atoms with van der Waals surface area (Å²) >= 11 is 6.43. The predicted octanol–water partition coefficient (Wildman–Crippen LogP) is 5.15. The van der Waals surface area contributed by atoms with Gasteiger partial charge in [-0.15, -0.1) is 0 Å². The van der Waals surface area contributed by atoms with Gasteiger partial charge in [-0.25, -0.2) is 9.79 Å². The highest BCUT2D eigenvalue weighted by Crippen LogP contribution is 2.37. The molecule has 4 rings (SSSR count). The van der Waals surface area contributed by atoms with Crippen LogP contribution in [0.3, 0.4) is 0 Å². The zero-order valence-corrected chi connectivity index (χ0v) is 18.0. The molecule has 7 heteroatoms. The van der Waals surface area contributed by atoms with Crippen LogP contribution in [0.15, 0.2) is 83.5 Å². The molecule has 6 nitrogen and oxygen atoms in total. The average molecular weight is 450 g/mol. The second kappa shape index (κ2) is 10.0. The molecule has 162 valence electrons. The zero-order valence-electron chi connectivity index (χ0n) is 17.3. The molecular formula is C25H20ClNO5. The third-order valence-electron chi connectivity index (χ3n) is 4.54. The minimum absolute atomic E-state index is 0.173. The van der Waals surface area contributed by atoms with Crippen LogP contribution in [0.2, 0.25) is 5.02 Å². The van der Waals surface area contributed by atoms with Gasteiger partial charge in [0, 0.05) is 5.56 Å². The molecule has 0 unspecified atom stereocenters. The number of hydrogen-bond donors (Lipinski definition) is 0. The van der Waals surface area contributed by atoms with Crippen LogP contribution in [-0.2, 0) is 9.53 Å². The number of halogens is 1. The van der Waals surface area contributed by atoms with Gasteiger partial charge in [0.25, 0.3) is 0 Å². The lowest BCUT2D eigenvalue weighted by Crippen LogP contribution is -2.10. The maximum atomic E-state index is 12.3. The number of ether oxygens (including phenoxy) is 4. The maximum absolute atomic E-state index is 12.3. The number of rotatable bonds is 8. The lowest BCUT2D eigenvalue weighted by molar-refractivity contribution is -0.129. The minimum Gasteiger partial charge on any atom is -0.493 e. The number of carbonyl (C=O) groups excluding carboxylic acids is 1. The summed E-state index contributed by atoms with van der Waals surface area (Å²) in [6.45, 7) is 0.626. The van der Waals surface area contributed by atoms with Crippen molar-refractivity contribution in [2.75, 3.05) is 20.3 Å². The number of carbonyl (C=O) groups is 1. The summed E-state index contributed by atoms with van der Waals surface area (Å²) in [5.74, 6) is 1.32. The Hall–Kier alpha value is -3.77. The predicted molar refractivity (Wildman–Crippen MR) is 122 cm³/mol. The van der Waals surface area contributed by atoms with Gasteiger partial charge in [-0.05, 0) is 48.0 Å². The molecule has 0 aliphatic carbocycles. The van der Waals surface area contributed by atoms with E-state index in [1.807, 2.05) is 60.7 Å². The molecule has 0 amide bonds. The summed E-state index contributed by atoms with van der Waals surface area (Å²) < 4.78 is 22.1. The third-order valence-corrected chi connectivity index (χ3v) is 4.82. The molecule has 0 saturated heterocycles. The molecule has 0 atom stereocenters. The SMILES string of the molecule is COc1cc(/C=C2/N=C(c3ccccc3)OC2=O)cc(Cl)c1OCCOc1ccccc1. The third kappa shape index (κ3) is 5.10. The first-order valence-corrected chi connectivity index (χ1v) is 10.3. The van der Waals surface area contributed by atoms with Gasteiger partial charge in [-0.2, -0.15) is 0 Å². The highest BCUT2D eigenvalue weighted by molar-refractivity contribution is 6.32. The molecule has 0 radical (unpaired) electrons. The van der Waals surface area contributed by atoms with Gasteiger partial charge in [0.2, 0.25) is 5.90 Å². The zero-order chi connectivity index (χ0) is 22.3. The largest absolute Gasteiger partial charge is 0.493 e. The minimum atomic E-state index is -0.530. The van der Waals surface area contributed by atoms with E-state index in [1.54, 1.807) is 18.2 Å². The molecular weight excluding hydrogens is 430 g/mol. The number of hydrogen-bond acceptors (Lipinski definition) is 6. The molecule has 0 spiro atoms. The fourth-order valence-electron chi connectivity index (χ4n) is 3.05. The van der Waals surface area contributed by atoms with Crippen LogP contribution in [0.5, 0.6) is 17.2 Å². The molecule has 0 saturated carbocycles. The van der Waals surface area contributed by atoms with Crippen molar-refractivity contribution in [2.45, 2.75) is 0 Å². The Balaban J connectivity index is 1.48. The number of esters is 1. The molecule has 1 aliphatic rings. The first kappa shape index (κ1) is 21.5. The Kier molecular flexibility index (Phi) is 6.72. The van der Waals surface area contributed by atoms with E-state index in [4.69, 9.17) is 30.5 Å². The van der Waals surface area contributed by atoms with E-state index in [9.17, 15) is 4.79 Å². The Morgan fingerprint density at radius 2 is 1.66 bits per heavy atom. The van der Waals surface area contributed by atoms with E-state index in [0.717, 1.165) is 11.3 Å². The van der Waals surface area contributed by atoms with Gasteiger partial charge >= 0.3 is 5.97 Å². The topological polar surface area (TPSA) is 66.4 Å². The Morgan fingerprint density at radius 1 is 0.969 bits per heavy atom. The normalized spacial score (nSPS) is 14.1. The Labute approximate surface area is 190 Å². The second-order valence-electron chi connectivity index (χ2n) is 6.75. The standard InChI is InChI=1S/C25H20ClNO5/c1-29-22-16-17(15-21-25(28)32-24(27-21)18-8-4-2-5-9-18)14-20(26)23(22)31-13-12-30-19-10-6-3-7-11-19/h2-11,14-16H,12-13H2,1H3/b21-15+. The van der Waals surface area contributed by atoms with E-state index in [1.165, 1.54) is 7.11 Å². The monoisotopic (exact) mass is 449 g/mol. The fraction of sp³-hybridized carbons (Fsp3) is 0.120. The molecule has 0 fully saturated rings. The number of methoxy groups -OCH3 is 1. The summed E-state index contributed by atoms with van der Waals surface area (Å²) in [5, 5.41) is 0.342. The lowest BCUT2D eigenvalue weighted by Gasteiger charge is -2.14. The highest BCUT2D eigenvalue weighted by Gasteiger charge is 2.24. The van der Waals surface area contributed by atoms with Crippen molar-refractivity contribution in [2.24, 2.45) is 4.99 Å². The summed E-state index contributed by atoms with van der Waals surface area (Å²) in [6.07, 6.45) is 1.59. The Morgan fingerprint density at radius 3 is 2.38 bits per heavy atom. The van der Waals surface area contributed by atoms with E-state index in [2.05, 4.69) is 4.99 Å². The van der Waals surface area contributed by atoms with E-state index < -0.39 is 5.97 Å². The van der Waals surface area contributed by atoms with Crippen LogP contribution < -0.4 is 14.2 Å². The molecule has 3 aromatic carbocycles. The van der Waals surface area contributed by atoms with Crippen molar-refractivity contribution < 1.29 is 23.7 Å². The van der Waals surface area contributed by atoms with Crippen LogP contribution in [0, 0.1) is 0 Å². The molecule has 32 heavy (non-hydrogen) atoms. The smallest absolute Gasteiger partial charge is 0.363 e. The first-order chi connectivity index (χ1) is 15.6. The molecule has 0 bridgehead atoms. The number of benzene rings is 3. The number of para-hydroxylation sites is 1. The van der Waals surface area contributed by atoms with Gasteiger partial charge in [0.1, 0.15) is 19.0 Å². The number of cyclic esters (lactones) is 1. The van der Waals surface area contributed by atoms with Crippen molar-refractivity contribution in [1.29, 1.82) is 0 Å². The first-order valence-electron chi connectivity index (χ1n) is 9.90. The summed E-state index contributed by atoms with van der Waals surface area (Å²) in [7, 11) is 1.52. The van der Waals surface area contributed by atoms with Crippen molar-refractivity contribution in [3.63, 3.8) is 0 Å². The average Bonchev–Trinajstić information content (AvgIpc) is 3.18. The highest BCUT2D eigenvalue weighted by atomic mass is 35.5. The van der Waals surface area contributed by atoms with Crippen LogP contribution in [0.4, 0.5) is 0 Å². The number of nitrogens with zero attached hydrogens (tertiary/aromatic N) is 1. The summed E-state index contributed by atoms with van der Waals surface area (Å²) in [4.78, 5) is 16.6. The summed E-state index contributed by atoms with van der Waals surface area (Å²) in [5.41, 5.74) is 1.53. The summed E-state index contributed by atoms with van der Waals surface area (Å²) in [6, 6.07) is 22.1. The quantitative estimate of drug-likeness (QED) is 0.270. The van der Waals surface area contributed by atoms with Crippen molar-refractivity contribution in [3.05, 3.63) is 94.6 Å². The van der Waals surface area contributed by atoms with E-state index in [-0.39, 0.29) is 18.2 Å². The Bertz CT molecular complexity index is 1160. The van der Waals surface area contributed by atoms with Crippen molar-refractivity contribution >= 4 is 29.5 Å². The van der Waals surface area contributed by atoms with Gasteiger partial charge < -0.3 is 18.9 Å². The molecule has 3 aromatic rings. The van der Waals surface area contributed by atoms with Crippen molar-refractivity contribution in [3.8, 4) is 17.2 Å². The van der Waals surface area contributed by atoms with Gasteiger partial charge in [-0.3, -0.25) is 0 Å². The second-order valence-corrected chi connectivity index (χ2v) is 7.15. The lowest BCUT2D eigenvalue weighted by atomic mass is 10.1. The van der Waals surface area contributed by atoms with Crippen LogP contribution in [0.25, 0.3) is 6.08 Å². The number of aliphatic imine (C=N–C) groups is 1. The van der Waals surface area contributed by atoms with E-state index >= 15 is 0 Å². The fourth-order valence-corrected chi connectivity index (χ4v) is 3.33. The van der Waals surface area contributed by atoms with Crippen LogP contribution in [-0.4, -0.2) is 32.2 Å². The molecule has 1 aliphatic heterocycles.